The Bertz CT molecular complexity index is 406. The number of unbranched alkanes of at least 4 members (excludes halogenated alkanes) is 3. The molecule has 0 aliphatic heterocycles. The molecule has 0 saturated carbocycles. The van der Waals surface area contributed by atoms with Gasteiger partial charge in [-0.05, 0) is 24.1 Å². The van der Waals surface area contributed by atoms with Crippen LogP contribution >= 0.6 is 11.6 Å². The lowest BCUT2D eigenvalue weighted by molar-refractivity contribution is 0.187. The number of nitrogens with two attached hydrogens (primary N) is 1. The predicted octanol–water partition coefficient (Wildman–Crippen LogP) is 2.86. The molecule has 4 nitrogen and oxygen atoms in total. The third-order valence-electron chi connectivity index (χ3n) is 3.03. The number of aliphatic imine (C=N–C) groups is 1. The van der Waals surface area contributed by atoms with E-state index in [0.29, 0.717) is 11.0 Å². The zero-order valence-electron chi connectivity index (χ0n) is 12.0. The Balaban J connectivity index is 2.29. The lowest BCUT2D eigenvalue weighted by atomic mass is 10.1. The van der Waals surface area contributed by atoms with Crippen LogP contribution in [-0.2, 0) is 0 Å². The molecule has 1 aromatic rings. The first-order chi connectivity index (χ1) is 9.63. The molecule has 0 heterocycles. The minimum Gasteiger partial charge on any atom is -0.386 e. The minimum atomic E-state index is -0.660. The van der Waals surface area contributed by atoms with Crippen LogP contribution in [0.2, 0.25) is 5.02 Å². The second-order valence-corrected chi connectivity index (χ2v) is 5.22. The Morgan fingerprint density at radius 1 is 1.30 bits per heavy atom. The zero-order chi connectivity index (χ0) is 14.8. The number of nitrogens with zero attached hydrogens (tertiary/aromatic N) is 1. The van der Waals surface area contributed by atoms with Crippen molar-refractivity contribution in [2.75, 3.05) is 13.1 Å². The molecule has 1 atom stereocenters. The predicted molar refractivity (Wildman–Crippen MR) is 85.0 cm³/mol. The van der Waals surface area contributed by atoms with Gasteiger partial charge < -0.3 is 16.2 Å². The molecule has 0 radical (unpaired) electrons. The third kappa shape index (κ3) is 6.78. The molecule has 0 aliphatic rings. The first-order valence-corrected chi connectivity index (χ1v) is 7.48. The fourth-order valence-electron chi connectivity index (χ4n) is 1.80. The first-order valence-electron chi connectivity index (χ1n) is 7.10. The Labute approximate surface area is 126 Å². The average Bonchev–Trinajstić information content (AvgIpc) is 2.45. The summed E-state index contributed by atoms with van der Waals surface area (Å²) >= 11 is 5.80. The number of aliphatic hydroxyl groups is 1. The van der Waals surface area contributed by atoms with Gasteiger partial charge in [-0.2, -0.15) is 0 Å². The van der Waals surface area contributed by atoms with Gasteiger partial charge in [0.15, 0.2) is 5.96 Å². The van der Waals surface area contributed by atoms with Crippen molar-refractivity contribution in [3.05, 3.63) is 34.9 Å². The SMILES string of the molecule is CCCCCCNC(N)=NCC(O)c1ccc(Cl)cc1. The molecule has 0 bridgehead atoms. The Morgan fingerprint density at radius 2 is 2.00 bits per heavy atom. The van der Waals surface area contributed by atoms with E-state index < -0.39 is 6.10 Å². The van der Waals surface area contributed by atoms with E-state index >= 15 is 0 Å². The summed E-state index contributed by atoms with van der Waals surface area (Å²) in [6.45, 7) is 3.25. The quantitative estimate of drug-likeness (QED) is 0.392. The molecule has 1 unspecified atom stereocenters. The van der Waals surface area contributed by atoms with Gasteiger partial charge in [-0.15, -0.1) is 0 Å². The van der Waals surface area contributed by atoms with Crippen molar-refractivity contribution in [2.45, 2.75) is 38.7 Å². The van der Waals surface area contributed by atoms with Crippen molar-refractivity contribution in [2.24, 2.45) is 10.7 Å². The number of hydrogen-bond donors (Lipinski definition) is 3. The number of nitrogens with one attached hydrogen (secondary N) is 1. The van der Waals surface area contributed by atoms with Gasteiger partial charge in [0.2, 0.25) is 0 Å². The van der Waals surface area contributed by atoms with E-state index in [-0.39, 0.29) is 6.54 Å². The van der Waals surface area contributed by atoms with E-state index in [1.54, 1.807) is 24.3 Å². The Morgan fingerprint density at radius 3 is 2.65 bits per heavy atom. The van der Waals surface area contributed by atoms with Crippen LogP contribution in [0.15, 0.2) is 29.3 Å². The highest BCUT2D eigenvalue weighted by Crippen LogP contribution is 2.16. The van der Waals surface area contributed by atoms with Crippen LogP contribution in [0.25, 0.3) is 0 Å². The molecule has 20 heavy (non-hydrogen) atoms. The van der Waals surface area contributed by atoms with Crippen molar-refractivity contribution in [3.8, 4) is 0 Å². The van der Waals surface area contributed by atoms with Crippen molar-refractivity contribution in [1.82, 2.24) is 5.32 Å². The van der Waals surface area contributed by atoms with E-state index in [1.165, 1.54) is 19.3 Å². The fraction of sp³-hybridized carbons (Fsp3) is 0.533. The number of hydrogen-bond acceptors (Lipinski definition) is 2. The van der Waals surface area contributed by atoms with Crippen LogP contribution in [0.5, 0.6) is 0 Å². The van der Waals surface area contributed by atoms with Crippen LogP contribution in [0.3, 0.4) is 0 Å². The van der Waals surface area contributed by atoms with Crippen LogP contribution in [-0.4, -0.2) is 24.2 Å². The van der Waals surface area contributed by atoms with Gasteiger partial charge in [0.1, 0.15) is 0 Å². The largest absolute Gasteiger partial charge is 0.386 e. The molecule has 112 valence electrons. The summed E-state index contributed by atoms with van der Waals surface area (Å²) in [5, 5.41) is 13.7. The topological polar surface area (TPSA) is 70.6 Å². The molecule has 4 N–H and O–H groups in total. The van der Waals surface area contributed by atoms with E-state index in [2.05, 4.69) is 17.2 Å². The maximum atomic E-state index is 9.97. The highest BCUT2D eigenvalue weighted by molar-refractivity contribution is 6.30. The molecule has 0 fully saturated rings. The molecule has 1 aromatic carbocycles. The lowest BCUT2D eigenvalue weighted by Crippen LogP contribution is -2.32. The van der Waals surface area contributed by atoms with E-state index in [4.69, 9.17) is 17.3 Å². The third-order valence-corrected chi connectivity index (χ3v) is 3.28. The van der Waals surface area contributed by atoms with E-state index in [0.717, 1.165) is 18.5 Å². The monoisotopic (exact) mass is 297 g/mol. The maximum absolute atomic E-state index is 9.97. The summed E-state index contributed by atoms with van der Waals surface area (Å²) in [6.07, 6.45) is 4.09. The van der Waals surface area contributed by atoms with Crippen LogP contribution in [0.1, 0.15) is 44.3 Å². The zero-order valence-corrected chi connectivity index (χ0v) is 12.7. The summed E-state index contributed by atoms with van der Waals surface area (Å²) < 4.78 is 0. The molecule has 0 spiro atoms. The second-order valence-electron chi connectivity index (χ2n) is 4.78. The first kappa shape index (κ1) is 16.8. The van der Waals surface area contributed by atoms with Crippen LogP contribution < -0.4 is 11.1 Å². The molecule has 1 rings (SSSR count). The van der Waals surface area contributed by atoms with Gasteiger partial charge in [-0.1, -0.05) is 49.9 Å². The van der Waals surface area contributed by atoms with Crippen molar-refractivity contribution in [1.29, 1.82) is 0 Å². The fourth-order valence-corrected chi connectivity index (χ4v) is 1.93. The van der Waals surface area contributed by atoms with E-state index in [1.807, 2.05) is 0 Å². The van der Waals surface area contributed by atoms with Gasteiger partial charge in [0.25, 0.3) is 0 Å². The minimum absolute atomic E-state index is 0.245. The van der Waals surface area contributed by atoms with E-state index in [9.17, 15) is 5.11 Å². The Kier molecular flexibility index (Phi) is 8.07. The smallest absolute Gasteiger partial charge is 0.188 e. The standard InChI is InChI=1S/C15H24ClN3O/c1-2-3-4-5-10-18-15(17)19-11-14(20)12-6-8-13(16)9-7-12/h6-9,14,20H,2-5,10-11H2,1H3,(H3,17,18,19). The lowest BCUT2D eigenvalue weighted by Gasteiger charge is -2.10. The summed E-state index contributed by atoms with van der Waals surface area (Å²) in [5.74, 6) is 0.384. The number of rotatable bonds is 8. The number of halogens is 1. The second kappa shape index (κ2) is 9.61. The molecule has 0 aromatic heterocycles. The van der Waals surface area contributed by atoms with Gasteiger partial charge in [-0.3, -0.25) is 4.99 Å². The molecule has 5 heteroatoms. The Hall–Kier alpha value is -1.26. The normalized spacial score (nSPS) is 13.2. The van der Waals surface area contributed by atoms with Gasteiger partial charge in [-0.25, -0.2) is 0 Å². The molecular formula is C15H24ClN3O. The molecule has 0 amide bonds. The van der Waals surface area contributed by atoms with Crippen LogP contribution in [0, 0.1) is 0 Å². The number of aliphatic hydroxyl groups excluding tert-OH is 1. The van der Waals surface area contributed by atoms with Crippen molar-refractivity contribution in [3.63, 3.8) is 0 Å². The van der Waals surface area contributed by atoms with Crippen molar-refractivity contribution >= 4 is 17.6 Å². The molecular weight excluding hydrogens is 274 g/mol. The summed E-state index contributed by atoms with van der Waals surface area (Å²) in [7, 11) is 0. The molecule has 0 aliphatic carbocycles. The van der Waals surface area contributed by atoms with Gasteiger partial charge >= 0.3 is 0 Å². The highest BCUT2D eigenvalue weighted by Gasteiger charge is 2.06. The summed E-state index contributed by atoms with van der Waals surface area (Å²) in [6, 6.07) is 7.08. The molecule has 0 saturated heterocycles. The summed E-state index contributed by atoms with van der Waals surface area (Å²) in [5.41, 5.74) is 6.53. The highest BCUT2D eigenvalue weighted by atomic mass is 35.5. The average molecular weight is 298 g/mol. The maximum Gasteiger partial charge on any atom is 0.188 e. The number of guanidine groups is 1. The van der Waals surface area contributed by atoms with Crippen LogP contribution in [0.4, 0.5) is 0 Å². The van der Waals surface area contributed by atoms with Gasteiger partial charge in [0, 0.05) is 11.6 Å². The van der Waals surface area contributed by atoms with Gasteiger partial charge in [0.05, 0.1) is 12.6 Å². The number of benzene rings is 1. The van der Waals surface area contributed by atoms with Crippen molar-refractivity contribution < 1.29 is 5.11 Å². The summed E-state index contributed by atoms with van der Waals surface area (Å²) in [4.78, 5) is 4.14.